The molecule has 0 bridgehead atoms. The number of aromatic nitrogens is 2. The molecule has 0 spiro atoms. The van der Waals surface area contributed by atoms with Crippen molar-refractivity contribution in [2.45, 2.75) is 25.4 Å². The summed E-state index contributed by atoms with van der Waals surface area (Å²) in [7, 11) is 1.92. The van der Waals surface area contributed by atoms with E-state index in [9.17, 15) is 9.90 Å². The molecular formula is C21H23N3O2S. The van der Waals surface area contributed by atoms with Gasteiger partial charge in [0.2, 0.25) is 0 Å². The minimum absolute atomic E-state index is 0.0361. The van der Waals surface area contributed by atoms with Crippen LogP contribution in [0.15, 0.2) is 48.5 Å². The first-order valence-electron chi connectivity index (χ1n) is 9.14. The Balaban J connectivity index is 1.46. The molecule has 0 unspecified atom stereocenters. The second kappa shape index (κ2) is 6.94. The van der Waals surface area contributed by atoms with Gasteiger partial charge in [-0.3, -0.25) is 9.48 Å². The highest BCUT2D eigenvalue weighted by Gasteiger charge is 2.35. The van der Waals surface area contributed by atoms with Crippen LogP contribution in [0.1, 0.15) is 33.8 Å². The van der Waals surface area contributed by atoms with E-state index in [0.717, 1.165) is 26.7 Å². The van der Waals surface area contributed by atoms with E-state index in [2.05, 4.69) is 5.10 Å². The zero-order valence-electron chi connectivity index (χ0n) is 15.6. The van der Waals surface area contributed by atoms with Crippen LogP contribution >= 0.6 is 11.3 Å². The van der Waals surface area contributed by atoms with Gasteiger partial charge in [0.25, 0.3) is 5.91 Å². The molecule has 5 nitrogen and oxygen atoms in total. The summed E-state index contributed by atoms with van der Waals surface area (Å²) >= 11 is 1.48. The third kappa shape index (κ3) is 3.42. The molecule has 3 heterocycles. The average Bonchev–Trinajstić information content (AvgIpc) is 3.30. The summed E-state index contributed by atoms with van der Waals surface area (Å²) in [6.45, 7) is 3.12. The van der Waals surface area contributed by atoms with Crippen LogP contribution in [0.25, 0.3) is 10.6 Å². The van der Waals surface area contributed by atoms with Gasteiger partial charge in [-0.2, -0.15) is 5.10 Å². The smallest absolute Gasteiger partial charge is 0.263 e. The topological polar surface area (TPSA) is 58.4 Å². The molecule has 1 amide bonds. The van der Waals surface area contributed by atoms with E-state index in [1.54, 1.807) is 0 Å². The molecule has 2 aromatic heterocycles. The summed E-state index contributed by atoms with van der Waals surface area (Å²) < 4.78 is 1.84. The van der Waals surface area contributed by atoms with Gasteiger partial charge in [0.05, 0.1) is 15.4 Å². The maximum Gasteiger partial charge on any atom is 0.263 e. The predicted octanol–water partition coefficient (Wildman–Crippen LogP) is 3.58. The zero-order valence-corrected chi connectivity index (χ0v) is 16.4. The van der Waals surface area contributed by atoms with E-state index in [1.165, 1.54) is 11.3 Å². The largest absolute Gasteiger partial charge is 0.385 e. The first-order chi connectivity index (χ1) is 13.0. The summed E-state index contributed by atoms with van der Waals surface area (Å²) in [6.07, 6.45) is 1.11. The normalized spacial score (nSPS) is 16.5. The first kappa shape index (κ1) is 17.9. The Kier molecular flexibility index (Phi) is 4.61. The van der Waals surface area contributed by atoms with Gasteiger partial charge in [-0.1, -0.05) is 30.3 Å². The van der Waals surface area contributed by atoms with Gasteiger partial charge in [0, 0.05) is 25.8 Å². The Morgan fingerprint density at radius 2 is 1.85 bits per heavy atom. The molecule has 0 radical (unpaired) electrons. The lowest BCUT2D eigenvalue weighted by molar-refractivity contribution is -0.0210. The first-order valence-corrected chi connectivity index (χ1v) is 9.96. The fraction of sp³-hybridized carbons (Fsp3) is 0.333. The Hall–Kier alpha value is -2.44. The van der Waals surface area contributed by atoms with Gasteiger partial charge >= 0.3 is 0 Å². The molecule has 1 saturated heterocycles. The van der Waals surface area contributed by atoms with E-state index in [0.29, 0.717) is 25.9 Å². The Labute approximate surface area is 162 Å². The summed E-state index contributed by atoms with van der Waals surface area (Å²) in [4.78, 5) is 16.5. The van der Waals surface area contributed by atoms with Crippen molar-refractivity contribution in [3.8, 4) is 10.6 Å². The minimum Gasteiger partial charge on any atom is -0.385 e. The minimum atomic E-state index is -0.843. The number of carbonyl (C=O) groups is 1. The molecule has 1 fully saturated rings. The number of thiophene rings is 1. The van der Waals surface area contributed by atoms with E-state index >= 15 is 0 Å². The molecule has 3 aromatic rings. The molecule has 0 aliphatic carbocycles. The maximum absolute atomic E-state index is 12.9. The molecule has 27 heavy (non-hydrogen) atoms. The zero-order chi connectivity index (χ0) is 19.0. The number of aryl methyl sites for hydroxylation is 2. The third-order valence-corrected chi connectivity index (χ3v) is 6.47. The van der Waals surface area contributed by atoms with Gasteiger partial charge < -0.3 is 10.0 Å². The molecule has 1 N–H and O–H groups in total. The molecule has 140 valence electrons. The third-order valence-electron chi connectivity index (χ3n) is 5.37. The summed E-state index contributed by atoms with van der Waals surface area (Å²) in [5.74, 6) is 0.0361. The lowest BCUT2D eigenvalue weighted by Crippen LogP contribution is -2.45. The lowest BCUT2D eigenvalue weighted by Gasteiger charge is -2.38. The summed E-state index contributed by atoms with van der Waals surface area (Å²) in [5, 5.41) is 15.4. The number of aliphatic hydroxyl groups is 1. The molecule has 0 saturated carbocycles. The van der Waals surface area contributed by atoms with E-state index in [4.69, 9.17) is 0 Å². The van der Waals surface area contributed by atoms with Crippen molar-refractivity contribution >= 4 is 17.2 Å². The van der Waals surface area contributed by atoms with Crippen LogP contribution in [0.4, 0.5) is 0 Å². The predicted molar refractivity (Wildman–Crippen MR) is 107 cm³/mol. The van der Waals surface area contributed by atoms with E-state index < -0.39 is 5.60 Å². The number of hydrogen-bond donors (Lipinski definition) is 1. The molecule has 1 aliphatic rings. The Morgan fingerprint density at radius 3 is 2.48 bits per heavy atom. The molecule has 1 aliphatic heterocycles. The number of benzene rings is 1. The van der Waals surface area contributed by atoms with Crippen LogP contribution in [-0.4, -0.2) is 38.8 Å². The quantitative estimate of drug-likeness (QED) is 0.754. The van der Waals surface area contributed by atoms with Gasteiger partial charge in [-0.25, -0.2) is 0 Å². The van der Waals surface area contributed by atoms with Gasteiger partial charge in [0.15, 0.2) is 0 Å². The number of carbonyl (C=O) groups excluding carboxylic acids is 1. The second-order valence-electron chi connectivity index (χ2n) is 7.15. The van der Waals surface area contributed by atoms with Crippen molar-refractivity contribution in [1.29, 1.82) is 0 Å². The highest BCUT2D eigenvalue weighted by atomic mass is 32.1. The van der Waals surface area contributed by atoms with Crippen LogP contribution in [0.5, 0.6) is 0 Å². The molecule has 4 rings (SSSR count). The van der Waals surface area contributed by atoms with Crippen LogP contribution in [-0.2, 0) is 12.6 Å². The second-order valence-corrected chi connectivity index (χ2v) is 8.23. The highest BCUT2D eigenvalue weighted by Crippen LogP contribution is 2.34. The van der Waals surface area contributed by atoms with Crippen LogP contribution in [0.2, 0.25) is 0 Å². The number of hydrogen-bond acceptors (Lipinski definition) is 4. The molecular weight excluding hydrogens is 358 g/mol. The maximum atomic E-state index is 12.9. The van der Waals surface area contributed by atoms with Crippen molar-refractivity contribution in [3.05, 3.63) is 64.7 Å². The Bertz CT molecular complexity index is 933. The number of amides is 1. The summed E-state index contributed by atoms with van der Waals surface area (Å²) in [6, 6.07) is 15.6. The fourth-order valence-electron chi connectivity index (χ4n) is 3.54. The molecule has 1 aromatic carbocycles. The number of nitrogens with zero attached hydrogens (tertiary/aromatic N) is 3. The highest BCUT2D eigenvalue weighted by molar-refractivity contribution is 7.17. The standard InChI is InChI=1S/C21H23N3O2S/c1-15-14-17(22-23(15)2)18-8-9-19(27-18)20(25)24-12-10-21(26,11-13-24)16-6-4-3-5-7-16/h3-9,14,26H,10-13H2,1-2H3. The molecule has 6 heteroatoms. The van der Waals surface area contributed by atoms with Gasteiger partial charge in [0.1, 0.15) is 5.69 Å². The van der Waals surface area contributed by atoms with E-state index in [1.807, 2.05) is 72.1 Å². The van der Waals surface area contributed by atoms with E-state index in [-0.39, 0.29) is 5.91 Å². The van der Waals surface area contributed by atoms with Gasteiger partial charge in [-0.05, 0) is 43.5 Å². The average molecular weight is 382 g/mol. The Morgan fingerprint density at radius 1 is 1.15 bits per heavy atom. The van der Waals surface area contributed by atoms with Crippen LogP contribution < -0.4 is 0 Å². The fourth-order valence-corrected chi connectivity index (χ4v) is 4.47. The number of likely N-dealkylation sites (tertiary alicyclic amines) is 1. The number of piperidine rings is 1. The van der Waals surface area contributed by atoms with Crippen LogP contribution in [0.3, 0.4) is 0 Å². The molecule has 0 atom stereocenters. The number of rotatable bonds is 3. The SMILES string of the molecule is Cc1cc(-c2ccc(C(=O)N3CCC(O)(c4ccccc4)CC3)s2)nn1C. The van der Waals surface area contributed by atoms with Crippen molar-refractivity contribution in [2.75, 3.05) is 13.1 Å². The van der Waals surface area contributed by atoms with Crippen molar-refractivity contribution in [1.82, 2.24) is 14.7 Å². The summed E-state index contributed by atoms with van der Waals surface area (Å²) in [5.41, 5.74) is 2.07. The van der Waals surface area contributed by atoms with Crippen molar-refractivity contribution in [2.24, 2.45) is 7.05 Å². The van der Waals surface area contributed by atoms with Gasteiger partial charge in [-0.15, -0.1) is 11.3 Å². The monoisotopic (exact) mass is 381 g/mol. The van der Waals surface area contributed by atoms with Crippen molar-refractivity contribution < 1.29 is 9.90 Å². The lowest BCUT2D eigenvalue weighted by atomic mass is 9.84. The van der Waals surface area contributed by atoms with Crippen molar-refractivity contribution in [3.63, 3.8) is 0 Å². The van der Waals surface area contributed by atoms with Crippen LogP contribution in [0, 0.1) is 6.92 Å².